The summed E-state index contributed by atoms with van der Waals surface area (Å²) in [5.74, 6) is 0.997. The second kappa shape index (κ2) is 7.94. The first-order chi connectivity index (χ1) is 12.0. The molecule has 10 heteroatoms. The highest BCUT2D eigenvalue weighted by Crippen LogP contribution is 2.31. The molecule has 2 aromatic carbocycles. The molecular formula is C16H15F3O6S. The Hall–Kier alpha value is -2.30. The number of alkyl halides is 3. The van der Waals surface area contributed by atoms with E-state index in [0.717, 1.165) is 12.1 Å². The lowest BCUT2D eigenvalue weighted by atomic mass is 10.2. The van der Waals surface area contributed by atoms with E-state index >= 15 is 0 Å². The van der Waals surface area contributed by atoms with Gasteiger partial charge in [0.05, 0.1) is 5.56 Å². The number of rotatable bonds is 7. The topological polar surface area (TPSA) is 82.1 Å². The summed E-state index contributed by atoms with van der Waals surface area (Å²) < 4.78 is 82.0. The molecule has 0 aromatic heterocycles. The van der Waals surface area contributed by atoms with Crippen molar-refractivity contribution in [1.82, 2.24) is 0 Å². The fourth-order valence-electron chi connectivity index (χ4n) is 1.88. The Morgan fingerprint density at radius 1 is 0.962 bits per heavy atom. The average molecular weight is 392 g/mol. The molecule has 0 radical (unpaired) electrons. The van der Waals surface area contributed by atoms with Gasteiger partial charge in [-0.15, -0.1) is 0 Å². The van der Waals surface area contributed by atoms with Crippen LogP contribution in [-0.4, -0.2) is 25.7 Å². The molecule has 0 aliphatic rings. The van der Waals surface area contributed by atoms with Crippen LogP contribution in [0, 0.1) is 0 Å². The van der Waals surface area contributed by atoms with Gasteiger partial charge in [0.15, 0.2) is 0 Å². The van der Waals surface area contributed by atoms with Crippen LogP contribution in [0.25, 0.3) is 0 Å². The van der Waals surface area contributed by atoms with Crippen LogP contribution in [0.1, 0.15) is 12.5 Å². The Morgan fingerprint density at radius 2 is 1.42 bits per heavy atom. The number of hydrogen-bond acceptors (Lipinski definition) is 5. The minimum atomic E-state index is -4.54. The van der Waals surface area contributed by atoms with E-state index in [4.69, 9.17) is 14.0 Å². The van der Waals surface area contributed by atoms with Crippen LogP contribution in [0.2, 0.25) is 0 Å². The quantitative estimate of drug-likeness (QED) is 0.715. The van der Waals surface area contributed by atoms with Gasteiger partial charge in [-0.1, -0.05) is 0 Å². The first-order valence-corrected chi connectivity index (χ1v) is 8.63. The molecule has 1 atom stereocenters. The van der Waals surface area contributed by atoms with E-state index in [2.05, 4.69) is 4.18 Å². The van der Waals surface area contributed by atoms with Gasteiger partial charge < -0.3 is 9.47 Å². The molecule has 0 heterocycles. The summed E-state index contributed by atoms with van der Waals surface area (Å²) in [6.07, 6.45) is -5.06. The smallest absolute Gasteiger partial charge is 0.416 e. The van der Waals surface area contributed by atoms with E-state index in [1.54, 1.807) is 0 Å². The lowest BCUT2D eigenvalue weighted by molar-refractivity contribution is -0.137. The fraction of sp³-hybridized carbons (Fsp3) is 0.250. The van der Waals surface area contributed by atoms with Gasteiger partial charge in [-0.05, 0) is 55.5 Å². The molecule has 26 heavy (non-hydrogen) atoms. The van der Waals surface area contributed by atoms with Gasteiger partial charge in [0, 0.05) is 0 Å². The molecule has 2 rings (SSSR count). The SMILES string of the molecule is CC(COS(=O)(=O)O)Oc1ccc(Oc2ccc(C(F)(F)F)cc2)cc1. The molecule has 0 aliphatic heterocycles. The maximum atomic E-state index is 12.5. The highest BCUT2D eigenvalue weighted by molar-refractivity contribution is 7.80. The fourth-order valence-corrected chi connectivity index (χ4v) is 2.25. The van der Waals surface area contributed by atoms with Crippen LogP contribution in [0.5, 0.6) is 17.2 Å². The minimum Gasteiger partial charge on any atom is -0.488 e. The highest BCUT2D eigenvalue weighted by Gasteiger charge is 2.30. The molecular weight excluding hydrogens is 377 g/mol. The minimum absolute atomic E-state index is 0.238. The molecule has 1 N–H and O–H groups in total. The van der Waals surface area contributed by atoms with Gasteiger partial charge in [0.25, 0.3) is 0 Å². The van der Waals surface area contributed by atoms with Crippen molar-refractivity contribution in [2.24, 2.45) is 0 Å². The van der Waals surface area contributed by atoms with E-state index in [9.17, 15) is 21.6 Å². The van der Waals surface area contributed by atoms with Crippen molar-refractivity contribution in [1.29, 1.82) is 0 Å². The summed E-state index contributed by atoms with van der Waals surface area (Å²) in [5.41, 5.74) is -0.769. The highest BCUT2D eigenvalue weighted by atomic mass is 32.3. The van der Waals surface area contributed by atoms with Gasteiger partial charge in [0.2, 0.25) is 0 Å². The summed E-state index contributed by atoms with van der Waals surface area (Å²) in [6, 6.07) is 10.4. The molecule has 0 fully saturated rings. The molecule has 6 nitrogen and oxygen atoms in total. The summed E-state index contributed by atoms with van der Waals surface area (Å²) >= 11 is 0. The Labute approximate surface area is 148 Å². The summed E-state index contributed by atoms with van der Waals surface area (Å²) in [4.78, 5) is 0. The Morgan fingerprint density at radius 3 is 1.88 bits per heavy atom. The first kappa shape index (κ1) is 20.0. The van der Waals surface area contributed by atoms with Crippen LogP contribution in [0.15, 0.2) is 48.5 Å². The maximum absolute atomic E-state index is 12.5. The normalized spacial score (nSPS) is 13.3. The molecule has 0 spiro atoms. The van der Waals surface area contributed by atoms with E-state index in [1.165, 1.54) is 43.3 Å². The van der Waals surface area contributed by atoms with Crippen LogP contribution in [0.4, 0.5) is 13.2 Å². The molecule has 0 amide bonds. The maximum Gasteiger partial charge on any atom is 0.416 e. The molecule has 0 aliphatic carbocycles. The third-order valence-corrected chi connectivity index (χ3v) is 3.46. The number of benzene rings is 2. The molecule has 2 aromatic rings. The standard InChI is InChI=1S/C16H15F3O6S/c1-11(10-23-26(20,21)22)24-13-6-8-15(9-7-13)25-14-4-2-12(3-5-14)16(17,18)19/h2-9,11H,10H2,1H3,(H,20,21,22). The zero-order valence-corrected chi connectivity index (χ0v) is 14.3. The summed E-state index contributed by atoms with van der Waals surface area (Å²) in [7, 11) is -4.54. The van der Waals surface area contributed by atoms with Crippen molar-refractivity contribution >= 4 is 10.4 Å². The number of ether oxygens (including phenoxy) is 2. The van der Waals surface area contributed by atoms with E-state index < -0.39 is 28.2 Å². The van der Waals surface area contributed by atoms with E-state index in [-0.39, 0.29) is 12.4 Å². The second-order valence-corrected chi connectivity index (χ2v) is 6.33. The predicted octanol–water partition coefficient (Wildman–Crippen LogP) is 4.08. The molecule has 1 unspecified atom stereocenters. The third-order valence-electron chi connectivity index (χ3n) is 3.03. The van der Waals surface area contributed by atoms with Crippen molar-refractivity contribution in [3.05, 3.63) is 54.1 Å². The Kier molecular flexibility index (Phi) is 6.11. The van der Waals surface area contributed by atoms with Crippen molar-refractivity contribution in [3.8, 4) is 17.2 Å². The van der Waals surface area contributed by atoms with Crippen molar-refractivity contribution in [3.63, 3.8) is 0 Å². The van der Waals surface area contributed by atoms with Crippen molar-refractivity contribution < 1.29 is 39.8 Å². The molecule has 0 saturated heterocycles. The van der Waals surface area contributed by atoms with E-state index in [1.807, 2.05) is 0 Å². The van der Waals surface area contributed by atoms with Crippen LogP contribution in [-0.2, 0) is 20.8 Å². The largest absolute Gasteiger partial charge is 0.488 e. The third kappa shape index (κ3) is 6.54. The number of hydrogen-bond donors (Lipinski definition) is 1. The monoisotopic (exact) mass is 392 g/mol. The molecule has 0 saturated carbocycles. The molecule has 0 bridgehead atoms. The Balaban J connectivity index is 1.93. The first-order valence-electron chi connectivity index (χ1n) is 7.26. The van der Waals surface area contributed by atoms with Gasteiger partial charge in [-0.2, -0.15) is 21.6 Å². The lowest BCUT2D eigenvalue weighted by Gasteiger charge is -2.14. The molecule has 142 valence electrons. The average Bonchev–Trinajstić information content (AvgIpc) is 2.54. The van der Waals surface area contributed by atoms with Gasteiger partial charge >= 0.3 is 16.6 Å². The zero-order chi connectivity index (χ0) is 19.4. The van der Waals surface area contributed by atoms with Gasteiger partial charge in [-0.25, -0.2) is 4.18 Å². The van der Waals surface area contributed by atoms with Crippen LogP contribution >= 0.6 is 0 Å². The van der Waals surface area contributed by atoms with Gasteiger partial charge in [-0.3, -0.25) is 4.55 Å². The second-order valence-electron chi connectivity index (χ2n) is 5.24. The van der Waals surface area contributed by atoms with Crippen molar-refractivity contribution in [2.75, 3.05) is 6.61 Å². The van der Waals surface area contributed by atoms with Crippen LogP contribution < -0.4 is 9.47 Å². The van der Waals surface area contributed by atoms with E-state index in [0.29, 0.717) is 11.5 Å². The van der Waals surface area contributed by atoms with Gasteiger partial charge in [0.1, 0.15) is 30.0 Å². The van der Waals surface area contributed by atoms with Crippen LogP contribution in [0.3, 0.4) is 0 Å². The summed E-state index contributed by atoms with van der Waals surface area (Å²) in [6.45, 7) is 1.17. The lowest BCUT2D eigenvalue weighted by Crippen LogP contribution is -2.21. The Bertz CT molecular complexity index is 817. The zero-order valence-electron chi connectivity index (χ0n) is 13.4. The number of halogens is 3. The predicted molar refractivity (Wildman–Crippen MR) is 85.6 cm³/mol. The summed E-state index contributed by atoms with van der Waals surface area (Å²) in [5, 5.41) is 0. The van der Waals surface area contributed by atoms with Crippen molar-refractivity contribution in [2.45, 2.75) is 19.2 Å².